The molecule has 11 heavy (non-hydrogen) atoms. The lowest BCUT2D eigenvalue weighted by atomic mass is 10.3. The van der Waals surface area contributed by atoms with Crippen LogP contribution in [0.2, 0.25) is 0 Å². The second-order valence-electron chi connectivity index (χ2n) is 2.51. The average molecular weight is 164 g/mol. The van der Waals surface area contributed by atoms with Crippen molar-refractivity contribution in [2.24, 2.45) is 0 Å². The van der Waals surface area contributed by atoms with Gasteiger partial charge in [0.2, 0.25) is 0 Å². The number of aromatic nitrogens is 1. The monoisotopic (exact) mass is 164 g/mol. The molecule has 2 heterocycles. The number of nitrogen functional groups attached to an aromatic ring is 1. The van der Waals surface area contributed by atoms with Gasteiger partial charge < -0.3 is 5.73 Å². The Morgan fingerprint density at radius 3 is 3.09 bits per heavy atom. The summed E-state index contributed by atoms with van der Waals surface area (Å²) in [5.41, 5.74) is 7.36. The molecule has 2 aromatic heterocycles. The number of nitrogens with two attached hydrogens (primary N) is 1. The molecule has 0 atom stereocenters. The second kappa shape index (κ2) is 2.20. The van der Waals surface area contributed by atoms with Crippen molar-refractivity contribution in [2.75, 3.05) is 5.73 Å². The van der Waals surface area contributed by atoms with Crippen LogP contribution in [-0.2, 0) is 0 Å². The maximum atomic E-state index is 5.58. The van der Waals surface area contributed by atoms with Crippen molar-refractivity contribution in [1.82, 2.24) is 4.98 Å². The van der Waals surface area contributed by atoms with E-state index in [-0.39, 0.29) is 0 Å². The first-order valence-electron chi connectivity index (χ1n) is 3.37. The highest BCUT2D eigenvalue weighted by atomic mass is 32.1. The molecule has 0 bridgehead atoms. The van der Waals surface area contributed by atoms with Crippen LogP contribution < -0.4 is 5.73 Å². The average Bonchev–Trinajstić information content (AvgIpc) is 2.27. The van der Waals surface area contributed by atoms with Crippen molar-refractivity contribution in [1.29, 1.82) is 0 Å². The summed E-state index contributed by atoms with van der Waals surface area (Å²) in [6, 6.07) is 4.03. The van der Waals surface area contributed by atoms with Gasteiger partial charge >= 0.3 is 0 Å². The van der Waals surface area contributed by atoms with E-state index in [4.69, 9.17) is 5.73 Å². The number of pyridine rings is 1. The molecule has 3 heteroatoms. The minimum absolute atomic E-state index is 0.736. The fourth-order valence-electron chi connectivity index (χ4n) is 1.06. The molecule has 0 saturated heterocycles. The summed E-state index contributed by atoms with van der Waals surface area (Å²) in [6.07, 6.45) is 1.69. The Hall–Kier alpha value is -1.09. The smallest absolute Gasteiger partial charge is 0.0814 e. The van der Waals surface area contributed by atoms with E-state index in [0.29, 0.717) is 0 Å². The highest BCUT2D eigenvalue weighted by Gasteiger charge is 1.98. The molecule has 56 valence electrons. The molecule has 2 N–H and O–H groups in total. The van der Waals surface area contributed by atoms with Gasteiger partial charge in [-0.3, -0.25) is 4.98 Å². The van der Waals surface area contributed by atoms with Gasteiger partial charge in [0.25, 0.3) is 0 Å². The van der Waals surface area contributed by atoms with Gasteiger partial charge in [0, 0.05) is 4.88 Å². The summed E-state index contributed by atoms with van der Waals surface area (Å²) < 4.78 is 1.17. The highest BCUT2D eigenvalue weighted by molar-refractivity contribution is 7.18. The van der Waals surface area contributed by atoms with Gasteiger partial charge in [0.15, 0.2) is 0 Å². The van der Waals surface area contributed by atoms with Gasteiger partial charge in [0.05, 0.1) is 22.1 Å². The third-order valence-corrected chi connectivity index (χ3v) is 2.50. The molecular formula is C8H8N2S. The first-order chi connectivity index (χ1) is 5.25. The number of aryl methyl sites for hydroxylation is 1. The maximum Gasteiger partial charge on any atom is 0.0814 e. The molecule has 2 nitrogen and oxygen atoms in total. The molecular weight excluding hydrogens is 156 g/mol. The third-order valence-electron chi connectivity index (χ3n) is 1.51. The van der Waals surface area contributed by atoms with Gasteiger partial charge in [-0.25, -0.2) is 0 Å². The molecule has 0 unspecified atom stereocenters. The van der Waals surface area contributed by atoms with E-state index < -0.39 is 0 Å². The Bertz CT molecular complexity index is 392. The minimum Gasteiger partial charge on any atom is -0.397 e. The molecule has 2 aromatic rings. The van der Waals surface area contributed by atoms with Crippen molar-refractivity contribution in [3.8, 4) is 0 Å². The van der Waals surface area contributed by atoms with Crippen molar-refractivity contribution in [2.45, 2.75) is 6.92 Å². The number of nitrogens with zero attached hydrogens (tertiary/aromatic N) is 1. The largest absolute Gasteiger partial charge is 0.397 e. The lowest BCUT2D eigenvalue weighted by Gasteiger charge is -1.89. The predicted molar refractivity (Wildman–Crippen MR) is 48.8 cm³/mol. The quantitative estimate of drug-likeness (QED) is 0.648. The van der Waals surface area contributed by atoms with E-state index in [2.05, 4.69) is 18.0 Å². The standard InChI is InChI=1S/C8H8N2S/c1-5-2-7-8(11-5)3-6(9)4-10-7/h2-4H,9H2,1H3. The zero-order chi connectivity index (χ0) is 7.84. The molecule has 0 aliphatic rings. The van der Waals surface area contributed by atoms with Crippen LogP contribution in [0.15, 0.2) is 18.3 Å². The van der Waals surface area contributed by atoms with Crippen molar-refractivity contribution >= 4 is 27.2 Å². The molecule has 0 spiro atoms. The normalized spacial score (nSPS) is 10.6. The molecule has 0 aliphatic heterocycles. The SMILES string of the molecule is Cc1cc2ncc(N)cc2s1. The van der Waals surface area contributed by atoms with E-state index in [1.807, 2.05) is 6.07 Å². The first kappa shape index (κ1) is 6.61. The van der Waals surface area contributed by atoms with Crippen LogP contribution >= 0.6 is 11.3 Å². The molecule has 0 saturated carbocycles. The maximum absolute atomic E-state index is 5.58. The summed E-state index contributed by atoms with van der Waals surface area (Å²) in [5.74, 6) is 0. The molecule has 0 amide bonds. The van der Waals surface area contributed by atoms with Crippen LogP contribution in [0.5, 0.6) is 0 Å². The zero-order valence-corrected chi connectivity index (χ0v) is 6.98. The Kier molecular flexibility index (Phi) is 1.32. The van der Waals surface area contributed by atoms with E-state index in [1.165, 1.54) is 9.58 Å². The Morgan fingerprint density at radius 2 is 2.27 bits per heavy atom. The number of hydrogen-bond donors (Lipinski definition) is 1. The van der Waals surface area contributed by atoms with Crippen LogP contribution in [0.4, 0.5) is 5.69 Å². The Labute approximate surface area is 68.7 Å². The molecule has 0 aromatic carbocycles. The number of fused-ring (bicyclic) bond motifs is 1. The van der Waals surface area contributed by atoms with E-state index in [9.17, 15) is 0 Å². The highest BCUT2D eigenvalue weighted by Crippen LogP contribution is 2.24. The summed E-state index contributed by atoms with van der Waals surface area (Å²) in [5, 5.41) is 0. The fourth-order valence-corrected chi connectivity index (χ4v) is 1.98. The Balaban J connectivity index is 2.82. The Morgan fingerprint density at radius 1 is 1.45 bits per heavy atom. The lowest BCUT2D eigenvalue weighted by Crippen LogP contribution is -1.83. The van der Waals surface area contributed by atoms with Crippen molar-refractivity contribution in [3.05, 3.63) is 23.2 Å². The van der Waals surface area contributed by atoms with Gasteiger partial charge in [-0.15, -0.1) is 11.3 Å². The zero-order valence-electron chi connectivity index (χ0n) is 6.16. The fraction of sp³-hybridized carbons (Fsp3) is 0.125. The van der Waals surface area contributed by atoms with Gasteiger partial charge in [-0.1, -0.05) is 0 Å². The van der Waals surface area contributed by atoms with Crippen molar-refractivity contribution < 1.29 is 0 Å². The van der Waals surface area contributed by atoms with Gasteiger partial charge in [-0.05, 0) is 19.1 Å². The third kappa shape index (κ3) is 1.07. The summed E-state index contributed by atoms with van der Waals surface area (Å²) in [7, 11) is 0. The second-order valence-corrected chi connectivity index (χ2v) is 3.80. The van der Waals surface area contributed by atoms with Gasteiger partial charge in [0.1, 0.15) is 0 Å². The summed E-state index contributed by atoms with van der Waals surface area (Å²) in [4.78, 5) is 5.46. The number of hydrogen-bond acceptors (Lipinski definition) is 3. The van der Waals surface area contributed by atoms with Crippen molar-refractivity contribution in [3.63, 3.8) is 0 Å². The number of rotatable bonds is 0. The molecule has 2 rings (SSSR count). The van der Waals surface area contributed by atoms with Crippen LogP contribution in [0.1, 0.15) is 4.88 Å². The molecule has 0 aliphatic carbocycles. The lowest BCUT2D eigenvalue weighted by molar-refractivity contribution is 1.42. The number of anilines is 1. The number of thiophene rings is 1. The van der Waals surface area contributed by atoms with Crippen LogP contribution in [0, 0.1) is 6.92 Å². The van der Waals surface area contributed by atoms with E-state index in [1.54, 1.807) is 17.5 Å². The summed E-state index contributed by atoms with van der Waals surface area (Å²) >= 11 is 1.72. The van der Waals surface area contributed by atoms with Crippen LogP contribution in [0.3, 0.4) is 0 Å². The summed E-state index contributed by atoms with van der Waals surface area (Å²) in [6.45, 7) is 2.07. The van der Waals surface area contributed by atoms with Crippen LogP contribution in [-0.4, -0.2) is 4.98 Å². The van der Waals surface area contributed by atoms with E-state index >= 15 is 0 Å². The van der Waals surface area contributed by atoms with E-state index in [0.717, 1.165) is 11.2 Å². The topological polar surface area (TPSA) is 38.9 Å². The first-order valence-corrected chi connectivity index (χ1v) is 4.19. The molecule has 0 radical (unpaired) electrons. The van der Waals surface area contributed by atoms with Crippen LogP contribution in [0.25, 0.3) is 10.2 Å². The minimum atomic E-state index is 0.736. The molecule has 0 fully saturated rings. The predicted octanol–water partition coefficient (Wildman–Crippen LogP) is 2.19. The van der Waals surface area contributed by atoms with Gasteiger partial charge in [-0.2, -0.15) is 0 Å².